The van der Waals surface area contributed by atoms with Crippen LogP contribution in [0.15, 0.2) is 60.0 Å². The third-order valence-corrected chi connectivity index (χ3v) is 4.87. The molecule has 2 rings (SSSR count). The Kier molecular flexibility index (Phi) is 5.73. The van der Waals surface area contributed by atoms with Crippen molar-refractivity contribution in [3.05, 3.63) is 76.4 Å². The molecule has 0 aliphatic heterocycles. The number of anilines is 1. The zero-order chi connectivity index (χ0) is 19.3. The van der Waals surface area contributed by atoms with Crippen molar-refractivity contribution in [1.82, 2.24) is 5.32 Å². The molecule has 0 saturated carbocycles. The SMILES string of the molecule is C=CCNC(=O)c1ccccc1NS(=O)(=O)c1ccc(C)c([N+](=O)[O-])c1. The van der Waals surface area contributed by atoms with Crippen molar-refractivity contribution in [2.24, 2.45) is 0 Å². The van der Waals surface area contributed by atoms with E-state index in [1.54, 1.807) is 12.1 Å². The van der Waals surface area contributed by atoms with Gasteiger partial charge in [0, 0.05) is 18.2 Å². The van der Waals surface area contributed by atoms with Crippen molar-refractivity contribution in [3.63, 3.8) is 0 Å². The maximum atomic E-state index is 12.6. The number of para-hydroxylation sites is 1. The van der Waals surface area contributed by atoms with Crippen LogP contribution in [0.25, 0.3) is 0 Å². The van der Waals surface area contributed by atoms with Crippen LogP contribution in [0.5, 0.6) is 0 Å². The number of carbonyl (C=O) groups excluding carboxylic acids is 1. The molecule has 0 heterocycles. The van der Waals surface area contributed by atoms with Gasteiger partial charge in [-0.3, -0.25) is 19.6 Å². The van der Waals surface area contributed by atoms with Crippen LogP contribution in [-0.4, -0.2) is 25.8 Å². The van der Waals surface area contributed by atoms with E-state index in [-0.39, 0.29) is 28.4 Å². The van der Waals surface area contributed by atoms with Crippen molar-refractivity contribution in [2.75, 3.05) is 11.3 Å². The summed E-state index contributed by atoms with van der Waals surface area (Å²) >= 11 is 0. The van der Waals surface area contributed by atoms with E-state index in [9.17, 15) is 23.3 Å². The van der Waals surface area contributed by atoms with E-state index in [0.29, 0.717) is 5.56 Å². The van der Waals surface area contributed by atoms with Gasteiger partial charge in [0.05, 0.1) is 21.1 Å². The number of rotatable bonds is 7. The first-order valence-electron chi connectivity index (χ1n) is 7.52. The van der Waals surface area contributed by atoms with Gasteiger partial charge in [-0.25, -0.2) is 8.42 Å². The van der Waals surface area contributed by atoms with Crippen molar-refractivity contribution in [2.45, 2.75) is 11.8 Å². The number of hydrogen-bond donors (Lipinski definition) is 2. The zero-order valence-corrected chi connectivity index (χ0v) is 14.7. The molecule has 0 spiro atoms. The molecule has 8 nitrogen and oxygen atoms in total. The van der Waals surface area contributed by atoms with Gasteiger partial charge >= 0.3 is 0 Å². The molecule has 9 heteroatoms. The molecular formula is C17H17N3O5S. The monoisotopic (exact) mass is 375 g/mol. The van der Waals surface area contributed by atoms with Gasteiger partial charge in [0.1, 0.15) is 0 Å². The number of hydrogen-bond acceptors (Lipinski definition) is 5. The first kappa shape index (κ1) is 19.1. The van der Waals surface area contributed by atoms with Gasteiger partial charge in [-0.15, -0.1) is 6.58 Å². The number of benzene rings is 2. The molecule has 0 unspecified atom stereocenters. The van der Waals surface area contributed by atoms with E-state index in [2.05, 4.69) is 16.6 Å². The lowest BCUT2D eigenvalue weighted by Gasteiger charge is -2.12. The normalized spacial score (nSPS) is 10.8. The molecule has 0 aliphatic carbocycles. The van der Waals surface area contributed by atoms with Crippen molar-refractivity contribution < 1.29 is 18.1 Å². The molecule has 0 aliphatic rings. The van der Waals surface area contributed by atoms with Gasteiger partial charge in [-0.1, -0.05) is 24.3 Å². The predicted octanol–water partition coefficient (Wildman–Crippen LogP) is 2.62. The number of nitro groups is 1. The Balaban J connectivity index is 2.39. The second-order valence-corrected chi connectivity index (χ2v) is 7.04. The number of nitro benzene ring substituents is 1. The van der Waals surface area contributed by atoms with Gasteiger partial charge in [-0.05, 0) is 25.1 Å². The van der Waals surface area contributed by atoms with Crippen LogP contribution < -0.4 is 10.0 Å². The van der Waals surface area contributed by atoms with Crippen LogP contribution in [0.2, 0.25) is 0 Å². The van der Waals surface area contributed by atoms with Crippen molar-refractivity contribution in [1.29, 1.82) is 0 Å². The van der Waals surface area contributed by atoms with Crippen LogP contribution in [0, 0.1) is 17.0 Å². The minimum atomic E-state index is -4.12. The van der Waals surface area contributed by atoms with Crippen LogP contribution in [0.1, 0.15) is 15.9 Å². The summed E-state index contributed by atoms with van der Waals surface area (Å²) in [4.78, 5) is 22.3. The number of aryl methyl sites for hydroxylation is 1. The molecule has 2 N–H and O–H groups in total. The third kappa shape index (κ3) is 4.25. The maximum absolute atomic E-state index is 12.6. The highest BCUT2D eigenvalue weighted by Gasteiger charge is 2.22. The summed E-state index contributed by atoms with van der Waals surface area (Å²) < 4.78 is 27.5. The predicted molar refractivity (Wildman–Crippen MR) is 97.6 cm³/mol. The average molecular weight is 375 g/mol. The minimum absolute atomic E-state index is 0.0669. The highest BCUT2D eigenvalue weighted by molar-refractivity contribution is 7.92. The van der Waals surface area contributed by atoms with Crippen molar-refractivity contribution in [3.8, 4) is 0 Å². The summed E-state index contributed by atoms with van der Waals surface area (Å²) in [6.45, 7) is 5.24. The summed E-state index contributed by atoms with van der Waals surface area (Å²) in [5.74, 6) is -0.474. The topological polar surface area (TPSA) is 118 Å². The smallest absolute Gasteiger partial charge is 0.273 e. The number of amides is 1. The second kappa shape index (κ2) is 7.79. The fourth-order valence-electron chi connectivity index (χ4n) is 2.19. The maximum Gasteiger partial charge on any atom is 0.273 e. The van der Waals surface area contributed by atoms with E-state index >= 15 is 0 Å². The molecule has 2 aromatic carbocycles. The molecule has 0 fully saturated rings. The molecule has 0 atom stereocenters. The van der Waals surface area contributed by atoms with Crippen LogP contribution in [0.4, 0.5) is 11.4 Å². The molecule has 1 amide bonds. The fraction of sp³-hybridized carbons (Fsp3) is 0.118. The largest absolute Gasteiger partial charge is 0.349 e. The molecule has 136 valence electrons. The molecule has 0 radical (unpaired) electrons. The molecule has 2 aromatic rings. The van der Waals surface area contributed by atoms with Gasteiger partial charge in [0.15, 0.2) is 0 Å². The Labute approximate surface area is 150 Å². The van der Waals surface area contributed by atoms with Crippen LogP contribution >= 0.6 is 0 Å². The Morgan fingerprint density at radius 3 is 2.62 bits per heavy atom. The van der Waals surface area contributed by atoms with E-state index in [1.807, 2.05) is 0 Å². The van der Waals surface area contributed by atoms with E-state index in [4.69, 9.17) is 0 Å². The van der Waals surface area contributed by atoms with Gasteiger partial charge in [0.2, 0.25) is 0 Å². The van der Waals surface area contributed by atoms with Gasteiger partial charge < -0.3 is 5.32 Å². The highest BCUT2D eigenvalue weighted by atomic mass is 32.2. The molecule has 0 saturated heterocycles. The quantitative estimate of drug-likeness (QED) is 0.438. The fourth-order valence-corrected chi connectivity index (χ4v) is 3.29. The summed E-state index contributed by atoms with van der Waals surface area (Å²) in [6.07, 6.45) is 1.50. The summed E-state index contributed by atoms with van der Waals surface area (Å²) in [6, 6.07) is 9.67. The van der Waals surface area contributed by atoms with Crippen molar-refractivity contribution >= 4 is 27.3 Å². The van der Waals surface area contributed by atoms with E-state index < -0.39 is 20.9 Å². The molecule has 0 aromatic heterocycles. The average Bonchev–Trinajstić information content (AvgIpc) is 2.59. The third-order valence-electron chi connectivity index (χ3n) is 3.51. The standard InChI is InChI=1S/C17H17N3O5S/c1-3-10-18-17(21)14-6-4-5-7-15(14)19-26(24,25)13-9-8-12(2)16(11-13)20(22)23/h3-9,11,19H,1,10H2,2H3,(H,18,21). The number of carbonyl (C=O) groups is 1. The Bertz CT molecular complexity index is 970. The van der Waals surface area contributed by atoms with E-state index in [0.717, 1.165) is 6.07 Å². The Morgan fingerprint density at radius 1 is 1.27 bits per heavy atom. The Morgan fingerprint density at radius 2 is 1.96 bits per heavy atom. The second-order valence-electron chi connectivity index (χ2n) is 5.36. The van der Waals surface area contributed by atoms with Crippen LogP contribution in [-0.2, 0) is 10.0 Å². The molecular weight excluding hydrogens is 358 g/mol. The molecule has 26 heavy (non-hydrogen) atoms. The lowest BCUT2D eigenvalue weighted by Crippen LogP contribution is -2.25. The van der Waals surface area contributed by atoms with E-state index in [1.165, 1.54) is 37.3 Å². The zero-order valence-electron chi connectivity index (χ0n) is 13.9. The summed E-state index contributed by atoms with van der Waals surface area (Å²) in [5.41, 5.74) is 0.236. The summed E-state index contributed by atoms with van der Waals surface area (Å²) in [7, 11) is -4.12. The number of sulfonamides is 1. The first-order chi connectivity index (χ1) is 12.3. The lowest BCUT2D eigenvalue weighted by molar-refractivity contribution is -0.385. The van der Waals surface area contributed by atoms with Gasteiger partial charge in [-0.2, -0.15) is 0 Å². The van der Waals surface area contributed by atoms with Crippen LogP contribution in [0.3, 0.4) is 0 Å². The molecule has 0 bridgehead atoms. The minimum Gasteiger partial charge on any atom is -0.349 e. The Hall–Kier alpha value is -3.20. The number of nitrogens with zero attached hydrogens (tertiary/aromatic N) is 1. The number of nitrogens with one attached hydrogen (secondary N) is 2. The highest BCUT2D eigenvalue weighted by Crippen LogP contribution is 2.25. The lowest BCUT2D eigenvalue weighted by atomic mass is 10.1. The first-order valence-corrected chi connectivity index (χ1v) is 9.00. The summed E-state index contributed by atoms with van der Waals surface area (Å²) in [5, 5.41) is 13.6. The van der Waals surface area contributed by atoms with Gasteiger partial charge in [0.25, 0.3) is 21.6 Å².